The summed E-state index contributed by atoms with van der Waals surface area (Å²) in [5.74, 6) is 0. The molecule has 1 heterocycles. The van der Waals surface area contributed by atoms with Crippen LogP contribution in [0.4, 0.5) is 0 Å². The molecular weight excluding hydrogens is 428 g/mol. The molecule has 1 aliphatic heterocycles. The van der Waals surface area contributed by atoms with Crippen LogP contribution in [0.5, 0.6) is 0 Å². The van der Waals surface area contributed by atoms with E-state index in [-0.39, 0.29) is 13.0 Å². The second kappa shape index (κ2) is 9.52. The van der Waals surface area contributed by atoms with Crippen molar-refractivity contribution in [2.45, 2.75) is 30.5 Å². The summed E-state index contributed by atoms with van der Waals surface area (Å²) in [6.07, 6.45) is -1.67. The highest BCUT2D eigenvalue weighted by Crippen LogP contribution is 2.41. The third-order valence-electron chi connectivity index (χ3n) is 5.48. The highest BCUT2D eigenvalue weighted by molar-refractivity contribution is 7.86. The molecule has 4 rings (SSSR count). The summed E-state index contributed by atoms with van der Waals surface area (Å²) in [5.41, 5.74) is 1.76. The van der Waals surface area contributed by atoms with Crippen LogP contribution in [-0.4, -0.2) is 44.9 Å². The van der Waals surface area contributed by atoms with Crippen molar-refractivity contribution < 1.29 is 27.2 Å². The Morgan fingerprint density at radius 2 is 1.31 bits per heavy atom. The lowest BCUT2D eigenvalue weighted by Gasteiger charge is -2.37. The maximum atomic E-state index is 11.7. The van der Waals surface area contributed by atoms with E-state index in [4.69, 9.17) is 13.7 Å². The Morgan fingerprint density at radius 3 is 1.72 bits per heavy atom. The number of aliphatic hydroxyl groups is 1. The third kappa shape index (κ3) is 4.92. The van der Waals surface area contributed by atoms with Gasteiger partial charge in [0.2, 0.25) is 0 Å². The molecular formula is C25H26O6S. The van der Waals surface area contributed by atoms with Crippen LogP contribution in [0.3, 0.4) is 0 Å². The summed E-state index contributed by atoms with van der Waals surface area (Å²) >= 11 is 0. The SMILES string of the molecule is CS(=O)(=O)O[C@@H]1C[C@H](O)O[C@@H]1COC(c1ccccc1)(c1ccccc1)c1ccccc1. The Hall–Kier alpha value is -2.55. The molecule has 0 radical (unpaired) electrons. The number of hydrogen-bond acceptors (Lipinski definition) is 6. The van der Waals surface area contributed by atoms with Crippen molar-refractivity contribution in [1.82, 2.24) is 0 Å². The molecule has 0 bridgehead atoms. The van der Waals surface area contributed by atoms with Gasteiger partial charge in [0.05, 0.1) is 12.9 Å². The van der Waals surface area contributed by atoms with Crippen molar-refractivity contribution in [3.05, 3.63) is 108 Å². The van der Waals surface area contributed by atoms with Crippen LogP contribution in [0.15, 0.2) is 91.0 Å². The van der Waals surface area contributed by atoms with E-state index in [9.17, 15) is 13.5 Å². The van der Waals surface area contributed by atoms with Gasteiger partial charge in [-0.3, -0.25) is 4.18 Å². The van der Waals surface area contributed by atoms with Gasteiger partial charge in [-0.25, -0.2) is 0 Å². The van der Waals surface area contributed by atoms with Crippen LogP contribution in [0.1, 0.15) is 23.1 Å². The fraction of sp³-hybridized carbons (Fsp3) is 0.280. The summed E-state index contributed by atoms with van der Waals surface area (Å²) in [5, 5.41) is 9.99. The summed E-state index contributed by atoms with van der Waals surface area (Å²) in [6.45, 7) is 0.00985. The van der Waals surface area contributed by atoms with Crippen molar-refractivity contribution in [3.63, 3.8) is 0 Å². The van der Waals surface area contributed by atoms with E-state index in [1.54, 1.807) is 0 Å². The molecule has 0 spiro atoms. The highest BCUT2D eigenvalue weighted by Gasteiger charge is 2.42. The lowest BCUT2D eigenvalue weighted by molar-refractivity contribution is -0.129. The van der Waals surface area contributed by atoms with E-state index in [1.165, 1.54) is 0 Å². The molecule has 1 N–H and O–H groups in total. The predicted octanol–water partition coefficient (Wildman–Crippen LogP) is 3.45. The predicted molar refractivity (Wildman–Crippen MR) is 120 cm³/mol. The van der Waals surface area contributed by atoms with E-state index in [0.29, 0.717) is 0 Å². The Bertz CT molecular complexity index is 1010. The Labute approximate surface area is 188 Å². The smallest absolute Gasteiger partial charge is 0.264 e. The summed E-state index contributed by atoms with van der Waals surface area (Å²) in [7, 11) is -3.72. The van der Waals surface area contributed by atoms with E-state index in [1.807, 2.05) is 91.0 Å². The van der Waals surface area contributed by atoms with E-state index < -0.39 is 34.2 Å². The van der Waals surface area contributed by atoms with Crippen LogP contribution < -0.4 is 0 Å². The molecule has 0 saturated carbocycles. The van der Waals surface area contributed by atoms with Crippen molar-refractivity contribution in [3.8, 4) is 0 Å². The van der Waals surface area contributed by atoms with Gasteiger partial charge in [-0.1, -0.05) is 91.0 Å². The largest absolute Gasteiger partial charge is 0.368 e. The average Bonchev–Trinajstić information content (AvgIpc) is 3.13. The van der Waals surface area contributed by atoms with Crippen LogP contribution in [0.25, 0.3) is 0 Å². The number of hydrogen-bond donors (Lipinski definition) is 1. The van der Waals surface area contributed by atoms with Crippen molar-refractivity contribution in [2.24, 2.45) is 0 Å². The summed E-state index contributed by atoms with van der Waals surface area (Å²) < 4.78 is 40.8. The van der Waals surface area contributed by atoms with Crippen LogP contribution in [-0.2, 0) is 29.4 Å². The molecule has 3 atom stereocenters. The number of aliphatic hydroxyl groups excluding tert-OH is 1. The third-order valence-corrected chi connectivity index (χ3v) is 6.08. The zero-order chi connectivity index (χ0) is 22.6. The number of ether oxygens (including phenoxy) is 2. The van der Waals surface area contributed by atoms with Gasteiger partial charge in [0, 0.05) is 6.42 Å². The molecule has 168 valence electrons. The van der Waals surface area contributed by atoms with Gasteiger partial charge < -0.3 is 14.6 Å². The first kappa shape index (κ1) is 22.6. The maximum Gasteiger partial charge on any atom is 0.264 e. The molecule has 1 aliphatic rings. The first-order valence-corrected chi connectivity index (χ1v) is 12.2. The highest BCUT2D eigenvalue weighted by atomic mass is 32.2. The molecule has 0 unspecified atom stereocenters. The number of benzene rings is 3. The van der Waals surface area contributed by atoms with Gasteiger partial charge in [-0.15, -0.1) is 0 Å². The van der Waals surface area contributed by atoms with Gasteiger partial charge in [0.25, 0.3) is 10.1 Å². The quantitative estimate of drug-likeness (QED) is 0.415. The fourth-order valence-electron chi connectivity index (χ4n) is 4.14. The van der Waals surface area contributed by atoms with Gasteiger partial charge in [0.1, 0.15) is 17.8 Å². The van der Waals surface area contributed by atoms with E-state index >= 15 is 0 Å². The molecule has 0 amide bonds. The molecule has 6 nitrogen and oxygen atoms in total. The maximum absolute atomic E-state index is 11.7. The van der Waals surface area contributed by atoms with Crippen molar-refractivity contribution in [1.29, 1.82) is 0 Å². The molecule has 0 aliphatic carbocycles. The minimum Gasteiger partial charge on any atom is -0.368 e. The van der Waals surface area contributed by atoms with E-state index in [0.717, 1.165) is 22.9 Å². The van der Waals surface area contributed by atoms with Crippen molar-refractivity contribution in [2.75, 3.05) is 12.9 Å². The minimum absolute atomic E-state index is 0.00985. The van der Waals surface area contributed by atoms with Crippen LogP contribution in [0.2, 0.25) is 0 Å². The summed E-state index contributed by atoms with van der Waals surface area (Å²) in [4.78, 5) is 0. The van der Waals surface area contributed by atoms with Crippen molar-refractivity contribution >= 4 is 10.1 Å². The molecule has 3 aromatic carbocycles. The first-order chi connectivity index (χ1) is 15.4. The standard InChI is InChI=1S/C25H26O6S/c1-32(27,28)31-22-17-24(26)30-23(22)18-29-25(19-11-5-2-6-12-19,20-13-7-3-8-14-20)21-15-9-4-10-16-21/h2-16,22-24,26H,17-18H2,1H3/t22-,23-,24-/m1/s1. The Morgan fingerprint density at radius 1 is 0.875 bits per heavy atom. The fourth-order valence-corrected chi connectivity index (χ4v) is 4.80. The van der Waals surface area contributed by atoms with Gasteiger partial charge in [0.15, 0.2) is 6.29 Å². The molecule has 1 fully saturated rings. The molecule has 1 saturated heterocycles. The second-order valence-corrected chi connectivity index (χ2v) is 9.39. The topological polar surface area (TPSA) is 82.1 Å². The van der Waals surface area contributed by atoms with Crippen LogP contribution >= 0.6 is 0 Å². The Kier molecular flexibility index (Phi) is 6.74. The van der Waals surface area contributed by atoms with Gasteiger partial charge >= 0.3 is 0 Å². The lowest BCUT2D eigenvalue weighted by Crippen LogP contribution is -2.39. The number of rotatable bonds is 8. The first-order valence-electron chi connectivity index (χ1n) is 10.4. The lowest BCUT2D eigenvalue weighted by atomic mass is 9.80. The van der Waals surface area contributed by atoms with Gasteiger partial charge in [-0.05, 0) is 16.7 Å². The minimum atomic E-state index is -3.72. The zero-order valence-corrected chi connectivity index (χ0v) is 18.5. The van der Waals surface area contributed by atoms with Crippen LogP contribution in [0, 0.1) is 0 Å². The molecule has 32 heavy (non-hydrogen) atoms. The Balaban J connectivity index is 1.76. The van der Waals surface area contributed by atoms with Gasteiger partial charge in [-0.2, -0.15) is 8.42 Å². The monoisotopic (exact) mass is 454 g/mol. The molecule has 0 aromatic heterocycles. The van der Waals surface area contributed by atoms with E-state index in [2.05, 4.69) is 0 Å². The zero-order valence-electron chi connectivity index (χ0n) is 17.7. The second-order valence-electron chi connectivity index (χ2n) is 7.79. The normalized spacial score (nSPS) is 21.5. The average molecular weight is 455 g/mol. The summed E-state index contributed by atoms with van der Waals surface area (Å²) in [6, 6.07) is 29.5. The molecule has 7 heteroatoms. The molecule has 3 aromatic rings.